The van der Waals surface area contributed by atoms with Crippen LogP contribution < -0.4 is 0 Å². The van der Waals surface area contributed by atoms with Gasteiger partial charge in [0.2, 0.25) is 0 Å². The van der Waals surface area contributed by atoms with Gasteiger partial charge < -0.3 is 14.2 Å². The van der Waals surface area contributed by atoms with Crippen LogP contribution in [-0.4, -0.2) is 41.3 Å². The topological polar surface area (TPSA) is 55.6 Å². The predicted octanol–water partition coefficient (Wildman–Crippen LogP) is 2.19. The van der Waals surface area contributed by atoms with Crippen LogP contribution in [0.1, 0.15) is 54.8 Å². The van der Waals surface area contributed by atoms with Gasteiger partial charge in [0, 0.05) is 37.1 Å². The second kappa shape index (κ2) is 4.58. The molecule has 5 heteroatoms. The number of hydrogen-bond acceptors (Lipinski definition) is 4. The summed E-state index contributed by atoms with van der Waals surface area (Å²) < 4.78 is 11.0. The van der Waals surface area contributed by atoms with Crippen LogP contribution in [0, 0.1) is 5.92 Å². The monoisotopic (exact) mass is 276 g/mol. The summed E-state index contributed by atoms with van der Waals surface area (Å²) in [5.74, 6) is 1.91. The van der Waals surface area contributed by atoms with E-state index in [1.54, 1.807) is 0 Å². The van der Waals surface area contributed by atoms with Crippen LogP contribution in [0.4, 0.5) is 0 Å². The Morgan fingerprint density at radius 1 is 1.50 bits per heavy atom. The van der Waals surface area contributed by atoms with Crippen LogP contribution in [0.2, 0.25) is 0 Å². The Bertz CT molecular complexity index is 523. The molecule has 1 amide bonds. The quantitative estimate of drug-likeness (QED) is 0.846. The van der Waals surface area contributed by atoms with Crippen molar-refractivity contribution in [2.75, 3.05) is 13.2 Å². The molecule has 5 nitrogen and oxygen atoms in total. The van der Waals surface area contributed by atoms with Crippen molar-refractivity contribution in [1.82, 2.24) is 10.1 Å². The van der Waals surface area contributed by atoms with Gasteiger partial charge in [-0.05, 0) is 32.6 Å². The average molecular weight is 276 g/mol. The zero-order valence-corrected chi connectivity index (χ0v) is 11.7. The lowest BCUT2D eigenvalue weighted by Crippen LogP contribution is -2.42. The van der Waals surface area contributed by atoms with E-state index in [0.717, 1.165) is 44.6 Å². The van der Waals surface area contributed by atoms with E-state index in [4.69, 9.17) is 9.26 Å². The molecule has 3 atom stereocenters. The van der Waals surface area contributed by atoms with Gasteiger partial charge in [-0.1, -0.05) is 5.16 Å². The van der Waals surface area contributed by atoms with Gasteiger partial charge in [-0.25, -0.2) is 0 Å². The van der Waals surface area contributed by atoms with Gasteiger partial charge in [0.05, 0.1) is 6.10 Å². The van der Waals surface area contributed by atoms with Gasteiger partial charge in [0.25, 0.3) is 5.91 Å². The number of amides is 1. The molecule has 4 rings (SSSR count). The molecule has 2 saturated carbocycles. The molecule has 2 bridgehead atoms. The highest BCUT2D eigenvalue weighted by atomic mass is 16.5. The summed E-state index contributed by atoms with van der Waals surface area (Å²) in [6.45, 7) is 3.60. The number of carbonyl (C=O) groups is 1. The molecule has 1 aromatic heterocycles. The van der Waals surface area contributed by atoms with E-state index in [1.807, 2.05) is 17.9 Å². The summed E-state index contributed by atoms with van der Waals surface area (Å²) in [7, 11) is 0. The van der Waals surface area contributed by atoms with E-state index < -0.39 is 0 Å². The maximum atomic E-state index is 12.5. The molecule has 2 aliphatic carbocycles. The highest BCUT2D eigenvalue weighted by Crippen LogP contribution is 2.42. The summed E-state index contributed by atoms with van der Waals surface area (Å²) in [5, 5.41) is 3.96. The second-order valence-electron chi connectivity index (χ2n) is 6.23. The van der Waals surface area contributed by atoms with Gasteiger partial charge in [0.1, 0.15) is 5.76 Å². The van der Waals surface area contributed by atoms with Crippen LogP contribution in [-0.2, 0) is 4.74 Å². The Morgan fingerprint density at radius 2 is 2.35 bits per heavy atom. The first kappa shape index (κ1) is 12.4. The number of carbonyl (C=O) groups excluding carboxylic acids is 1. The lowest BCUT2D eigenvalue weighted by molar-refractivity contribution is 0.00732. The van der Waals surface area contributed by atoms with Crippen LogP contribution in [0.15, 0.2) is 10.6 Å². The Hall–Kier alpha value is -1.36. The minimum absolute atomic E-state index is 0.0306. The van der Waals surface area contributed by atoms with Gasteiger partial charge in [-0.3, -0.25) is 4.79 Å². The van der Waals surface area contributed by atoms with E-state index in [0.29, 0.717) is 29.7 Å². The largest absolute Gasteiger partial charge is 0.378 e. The zero-order chi connectivity index (χ0) is 13.7. The summed E-state index contributed by atoms with van der Waals surface area (Å²) in [4.78, 5) is 14.5. The number of rotatable bonds is 4. The minimum atomic E-state index is 0.0306. The minimum Gasteiger partial charge on any atom is -0.378 e. The molecule has 1 aromatic rings. The molecule has 2 heterocycles. The molecule has 2 unspecified atom stereocenters. The van der Waals surface area contributed by atoms with Crippen molar-refractivity contribution >= 4 is 5.91 Å². The Morgan fingerprint density at radius 3 is 3.00 bits per heavy atom. The summed E-state index contributed by atoms with van der Waals surface area (Å²) in [6.07, 6.45) is 4.70. The highest BCUT2D eigenvalue weighted by molar-refractivity contribution is 5.92. The molecule has 1 saturated heterocycles. The Labute approximate surface area is 118 Å². The van der Waals surface area contributed by atoms with Gasteiger partial charge in [0.15, 0.2) is 5.69 Å². The van der Waals surface area contributed by atoms with E-state index in [9.17, 15) is 4.79 Å². The molecule has 0 aromatic carbocycles. The third-order valence-corrected chi connectivity index (χ3v) is 4.85. The zero-order valence-electron chi connectivity index (χ0n) is 11.7. The highest BCUT2D eigenvalue weighted by Gasteiger charge is 2.47. The number of piperidine rings is 1. The lowest BCUT2D eigenvalue weighted by Gasteiger charge is -2.30. The molecule has 3 fully saturated rings. The van der Waals surface area contributed by atoms with Crippen LogP contribution in [0.5, 0.6) is 0 Å². The number of nitrogens with zero attached hydrogens (tertiary/aromatic N) is 2. The molecule has 0 radical (unpaired) electrons. The maximum absolute atomic E-state index is 12.5. The van der Waals surface area contributed by atoms with Gasteiger partial charge in [-0.15, -0.1) is 0 Å². The number of hydrogen-bond donors (Lipinski definition) is 0. The Kier molecular flexibility index (Phi) is 2.84. The van der Waals surface area contributed by atoms with Crippen molar-refractivity contribution in [2.45, 2.75) is 50.7 Å². The van der Waals surface area contributed by atoms with E-state index >= 15 is 0 Å². The summed E-state index contributed by atoms with van der Waals surface area (Å²) >= 11 is 0. The number of likely N-dealkylation sites (tertiary alicyclic amines) is 1. The third kappa shape index (κ3) is 1.95. The number of ether oxygens (including phenoxy) is 1. The Balaban J connectivity index is 1.45. The lowest BCUT2D eigenvalue weighted by atomic mass is 10.1. The third-order valence-electron chi connectivity index (χ3n) is 4.85. The van der Waals surface area contributed by atoms with Crippen molar-refractivity contribution in [3.63, 3.8) is 0 Å². The first-order valence-corrected chi connectivity index (χ1v) is 7.65. The summed E-state index contributed by atoms with van der Waals surface area (Å²) in [6, 6.07) is 2.16. The average Bonchev–Trinajstić information content (AvgIpc) is 2.90. The van der Waals surface area contributed by atoms with Crippen LogP contribution in [0.3, 0.4) is 0 Å². The van der Waals surface area contributed by atoms with Crippen molar-refractivity contribution in [1.29, 1.82) is 0 Å². The van der Waals surface area contributed by atoms with Gasteiger partial charge in [-0.2, -0.15) is 0 Å². The van der Waals surface area contributed by atoms with E-state index in [-0.39, 0.29) is 5.91 Å². The van der Waals surface area contributed by atoms with Crippen molar-refractivity contribution in [3.8, 4) is 0 Å². The molecule has 108 valence electrons. The maximum Gasteiger partial charge on any atom is 0.276 e. The fourth-order valence-electron chi connectivity index (χ4n) is 3.67. The standard InChI is InChI=1S/C15H20N2O3/c1-2-19-13-6-11-5-10(13)8-17(11)15(18)12-7-14(20-16-12)9-3-4-9/h7,9-11,13H,2-6,8H2,1H3/t10?,11?,13-/m0/s1. The second-order valence-corrected chi connectivity index (χ2v) is 6.23. The fourth-order valence-corrected chi connectivity index (χ4v) is 3.67. The van der Waals surface area contributed by atoms with Crippen molar-refractivity contribution < 1.29 is 14.1 Å². The molecular formula is C15H20N2O3. The normalized spacial score (nSPS) is 32.0. The molecule has 1 aliphatic heterocycles. The fraction of sp³-hybridized carbons (Fsp3) is 0.733. The smallest absolute Gasteiger partial charge is 0.276 e. The predicted molar refractivity (Wildman–Crippen MR) is 71.4 cm³/mol. The molecule has 20 heavy (non-hydrogen) atoms. The van der Waals surface area contributed by atoms with E-state index in [1.165, 1.54) is 0 Å². The molecule has 0 N–H and O–H groups in total. The first-order valence-electron chi connectivity index (χ1n) is 7.65. The molecule has 3 aliphatic rings. The van der Waals surface area contributed by atoms with E-state index in [2.05, 4.69) is 5.16 Å². The SMILES string of the molecule is CCO[C@H]1CC2CC1CN2C(=O)c1cc(C2CC2)on1. The molecule has 0 spiro atoms. The summed E-state index contributed by atoms with van der Waals surface area (Å²) in [5.41, 5.74) is 0.479. The number of aromatic nitrogens is 1. The van der Waals surface area contributed by atoms with Crippen molar-refractivity contribution in [3.05, 3.63) is 17.5 Å². The van der Waals surface area contributed by atoms with Gasteiger partial charge >= 0.3 is 0 Å². The van der Waals surface area contributed by atoms with Crippen molar-refractivity contribution in [2.24, 2.45) is 5.92 Å². The first-order chi connectivity index (χ1) is 9.76. The van der Waals surface area contributed by atoms with Crippen LogP contribution >= 0.6 is 0 Å². The van der Waals surface area contributed by atoms with Crippen LogP contribution in [0.25, 0.3) is 0 Å². The molecular weight excluding hydrogens is 256 g/mol. The number of fused-ring (bicyclic) bond motifs is 2.